The highest BCUT2D eigenvalue weighted by Crippen LogP contribution is 2.39. The lowest BCUT2D eigenvalue weighted by atomic mass is 9.64. The number of hydrogen-bond acceptors (Lipinski definition) is 4. The first-order valence-corrected chi connectivity index (χ1v) is 7.39. The third-order valence-electron chi connectivity index (χ3n) is 3.94. The highest BCUT2D eigenvalue weighted by molar-refractivity contribution is 7.87. The van der Waals surface area contributed by atoms with Crippen LogP contribution >= 0.6 is 0 Å². The molecule has 0 aromatic heterocycles. The van der Waals surface area contributed by atoms with E-state index in [4.69, 9.17) is 10.5 Å². The number of nitrogens with two attached hydrogens (primary N) is 1. The van der Waals surface area contributed by atoms with Crippen molar-refractivity contribution in [3.63, 3.8) is 0 Å². The number of morpholine rings is 1. The average molecular weight is 263 g/mol. The van der Waals surface area contributed by atoms with Crippen molar-refractivity contribution in [1.29, 1.82) is 0 Å². The van der Waals surface area contributed by atoms with Crippen LogP contribution in [0.1, 0.15) is 20.3 Å². The maximum atomic E-state index is 12.1. The molecule has 17 heavy (non-hydrogen) atoms. The van der Waals surface area contributed by atoms with Gasteiger partial charge in [0.1, 0.15) is 0 Å². The summed E-state index contributed by atoms with van der Waals surface area (Å²) in [6, 6.07) is 0.00485. The van der Waals surface area contributed by atoms with E-state index in [0.717, 1.165) is 0 Å². The molecule has 7 heteroatoms. The van der Waals surface area contributed by atoms with Gasteiger partial charge in [-0.25, -0.2) is 0 Å². The number of nitrogens with one attached hydrogen (secondary N) is 1. The lowest BCUT2D eigenvalue weighted by Gasteiger charge is -2.50. The topological polar surface area (TPSA) is 84.7 Å². The summed E-state index contributed by atoms with van der Waals surface area (Å²) in [4.78, 5) is 0. The van der Waals surface area contributed by atoms with Crippen molar-refractivity contribution in [2.75, 3.05) is 26.3 Å². The lowest BCUT2D eigenvalue weighted by molar-refractivity contribution is 0.0665. The minimum atomic E-state index is -3.39. The monoisotopic (exact) mass is 263 g/mol. The largest absolute Gasteiger partial charge is 0.379 e. The SMILES string of the molecule is CC1(C)C(N)CC1NS(=O)(=O)N1CCOCC1. The summed E-state index contributed by atoms with van der Waals surface area (Å²) in [5.41, 5.74) is 5.71. The van der Waals surface area contributed by atoms with E-state index < -0.39 is 10.2 Å². The Hall–Kier alpha value is -0.210. The van der Waals surface area contributed by atoms with Gasteiger partial charge in [0.2, 0.25) is 0 Å². The van der Waals surface area contributed by atoms with Gasteiger partial charge in [-0.15, -0.1) is 0 Å². The van der Waals surface area contributed by atoms with E-state index in [9.17, 15) is 8.42 Å². The van der Waals surface area contributed by atoms with Gasteiger partial charge >= 0.3 is 0 Å². The van der Waals surface area contributed by atoms with Crippen molar-refractivity contribution in [3.8, 4) is 0 Å². The molecule has 2 aliphatic rings. The Kier molecular flexibility index (Phi) is 3.48. The first-order valence-electron chi connectivity index (χ1n) is 5.95. The molecule has 2 atom stereocenters. The minimum Gasteiger partial charge on any atom is -0.379 e. The fraction of sp³-hybridized carbons (Fsp3) is 1.00. The van der Waals surface area contributed by atoms with Gasteiger partial charge in [-0.2, -0.15) is 17.4 Å². The fourth-order valence-corrected chi connectivity index (χ4v) is 3.74. The van der Waals surface area contributed by atoms with Gasteiger partial charge in [-0.3, -0.25) is 0 Å². The minimum absolute atomic E-state index is 0.0645. The number of ether oxygens (including phenoxy) is 1. The molecule has 1 aliphatic heterocycles. The van der Waals surface area contributed by atoms with E-state index >= 15 is 0 Å². The van der Waals surface area contributed by atoms with Crippen molar-refractivity contribution in [2.24, 2.45) is 11.1 Å². The van der Waals surface area contributed by atoms with E-state index in [0.29, 0.717) is 32.7 Å². The molecule has 0 bridgehead atoms. The maximum absolute atomic E-state index is 12.1. The van der Waals surface area contributed by atoms with Gasteiger partial charge in [0, 0.05) is 25.2 Å². The molecule has 3 N–H and O–H groups in total. The Labute approximate surface area is 103 Å². The number of nitrogens with zero attached hydrogens (tertiary/aromatic N) is 1. The van der Waals surface area contributed by atoms with Crippen LogP contribution in [-0.2, 0) is 14.9 Å². The lowest BCUT2D eigenvalue weighted by Crippen LogP contribution is -2.66. The van der Waals surface area contributed by atoms with Gasteiger partial charge in [0.05, 0.1) is 13.2 Å². The van der Waals surface area contributed by atoms with Gasteiger partial charge in [0.15, 0.2) is 0 Å². The van der Waals surface area contributed by atoms with Crippen LogP contribution in [0.5, 0.6) is 0 Å². The zero-order chi connectivity index (χ0) is 12.7. The Morgan fingerprint density at radius 1 is 1.35 bits per heavy atom. The highest BCUT2D eigenvalue weighted by atomic mass is 32.2. The van der Waals surface area contributed by atoms with Crippen molar-refractivity contribution in [3.05, 3.63) is 0 Å². The molecule has 0 amide bonds. The zero-order valence-electron chi connectivity index (χ0n) is 10.3. The summed E-state index contributed by atoms with van der Waals surface area (Å²) in [7, 11) is -3.39. The molecule has 1 aliphatic carbocycles. The van der Waals surface area contributed by atoms with Crippen LogP contribution in [0.3, 0.4) is 0 Å². The molecule has 2 fully saturated rings. The van der Waals surface area contributed by atoms with Crippen LogP contribution in [-0.4, -0.2) is 51.1 Å². The third-order valence-corrected chi connectivity index (χ3v) is 5.57. The number of rotatable bonds is 3. The van der Waals surface area contributed by atoms with E-state index in [1.165, 1.54) is 4.31 Å². The smallest absolute Gasteiger partial charge is 0.279 e. The Morgan fingerprint density at radius 3 is 2.41 bits per heavy atom. The normalized spacial score (nSPS) is 34.3. The first-order chi connectivity index (χ1) is 7.84. The molecule has 6 nitrogen and oxygen atoms in total. The molecular formula is C10H21N3O3S. The summed E-state index contributed by atoms with van der Waals surface area (Å²) >= 11 is 0. The molecule has 0 aromatic carbocycles. The van der Waals surface area contributed by atoms with Crippen molar-refractivity contribution in [2.45, 2.75) is 32.4 Å². The molecule has 2 rings (SSSR count). The summed E-state index contributed by atoms with van der Waals surface area (Å²) in [5.74, 6) is 0. The van der Waals surface area contributed by atoms with Crippen molar-refractivity contribution in [1.82, 2.24) is 9.03 Å². The Balaban J connectivity index is 1.98. The maximum Gasteiger partial charge on any atom is 0.279 e. The standard InChI is InChI=1S/C10H21N3O3S/c1-10(2)8(11)7-9(10)12-17(14,15)13-3-5-16-6-4-13/h8-9,12H,3-7,11H2,1-2H3. The molecule has 1 heterocycles. The van der Waals surface area contributed by atoms with Crippen LogP contribution in [0.4, 0.5) is 0 Å². The molecule has 1 saturated carbocycles. The van der Waals surface area contributed by atoms with Crippen LogP contribution in [0.2, 0.25) is 0 Å². The predicted molar refractivity (Wildman–Crippen MR) is 64.6 cm³/mol. The molecule has 0 spiro atoms. The number of hydrogen-bond donors (Lipinski definition) is 2. The van der Waals surface area contributed by atoms with Crippen LogP contribution in [0.25, 0.3) is 0 Å². The van der Waals surface area contributed by atoms with E-state index in [1.54, 1.807) is 0 Å². The summed E-state index contributed by atoms with van der Waals surface area (Å²) < 4.78 is 33.5. The summed E-state index contributed by atoms with van der Waals surface area (Å²) in [6.07, 6.45) is 0.705. The van der Waals surface area contributed by atoms with Crippen molar-refractivity contribution < 1.29 is 13.2 Å². The fourth-order valence-electron chi connectivity index (χ4n) is 2.20. The Bertz CT molecular complexity index is 376. The van der Waals surface area contributed by atoms with Gasteiger partial charge in [-0.1, -0.05) is 13.8 Å². The molecule has 2 unspecified atom stereocenters. The predicted octanol–water partition coefficient (Wildman–Crippen LogP) is -0.721. The first kappa shape index (κ1) is 13.2. The van der Waals surface area contributed by atoms with E-state index in [-0.39, 0.29) is 17.5 Å². The van der Waals surface area contributed by atoms with Crippen LogP contribution < -0.4 is 10.5 Å². The summed E-state index contributed by atoms with van der Waals surface area (Å²) in [6.45, 7) is 5.77. The van der Waals surface area contributed by atoms with Crippen LogP contribution in [0.15, 0.2) is 0 Å². The molecule has 0 radical (unpaired) electrons. The molecule has 100 valence electrons. The zero-order valence-corrected chi connectivity index (χ0v) is 11.2. The van der Waals surface area contributed by atoms with Crippen LogP contribution in [0, 0.1) is 5.41 Å². The second-order valence-corrected chi connectivity index (χ2v) is 7.05. The van der Waals surface area contributed by atoms with E-state index in [1.807, 2.05) is 13.8 Å². The van der Waals surface area contributed by atoms with Crippen molar-refractivity contribution >= 4 is 10.2 Å². The quantitative estimate of drug-likeness (QED) is 0.703. The molecule has 1 saturated heterocycles. The molecular weight excluding hydrogens is 242 g/mol. The van der Waals surface area contributed by atoms with Gasteiger partial charge in [-0.05, 0) is 11.8 Å². The van der Waals surface area contributed by atoms with Gasteiger partial charge < -0.3 is 10.5 Å². The highest BCUT2D eigenvalue weighted by Gasteiger charge is 2.48. The molecule has 0 aromatic rings. The third kappa shape index (κ3) is 2.48. The second kappa shape index (κ2) is 4.47. The Morgan fingerprint density at radius 2 is 1.94 bits per heavy atom. The van der Waals surface area contributed by atoms with Gasteiger partial charge in [0.25, 0.3) is 10.2 Å². The second-order valence-electron chi connectivity index (χ2n) is 5.35. The van der Waals surface area contributed by atoms with E-state index in [2.05, 4.69) is 4.72 Å². The summed E-state index contributed by atoms with van der Waals surface area (Å²) in [5, 5.41) is 0. The average Bonchev–Trinajstić information content (AvgIpc) is 2.30.